The second-order valence-corrected chi connectivity index (χ2v) is 4.64. The number of halogens is 1. The van der Waals surface area contributed by atoms with Gasteiger partial charge in [-0.1, -0.05) is 6.07 Å². The lowest BCUT2D eigenvalue weighted by Crippen LogP contribution is -2.25. The van der Waals surface area contributed by atoms with Crippen LogP contribution in [0, 0.1) is 11.7 Å². The van der Waals surface area contributed by atoms with Crippen molar-refractivity contribution in [2.75, 3.05) is 19.7 Å². The van der Waals surface area contributed by atoms with Gasteiger partial charge in [-0.05, 0) is 42.6 Å². The van der Waals surface area contributed by atoms with E-state index < -0.39 is 0 Å². The Kier molecular flexibility index (Phi) is 2.65. The predicted molar refractivity (Wildman–Crippen MR) is 59.8 cm³/mol. The summed E-state index contributed by atoms with van der Waals surface area (Å²) in [5.74, 6) is 0.411. The maximum Gasteiger partial charge on any atom is 0.123 e. The van der Waals surface area contributed by atoms with E-state index in [1.165, 1.54) is 5.56 Å². The minimum absolute atomic E-state index is 0.135. The van der Waals surface area contributed by atoms with Crippen LogP contribution in [0.1, 0.15) is 23.7 Å². The van der Waals surface area contributed by atoms with Crippen molar-refractivity contribution in [3.8, 4) is 0 Å². The fourth-order valence-electron chi connectivity index (χ4n) is 2.78. The summed E-state index contributed by atoms with van der Waals surface area (Å²) >= 11 is 0. The molecule has 16 heavy (non-hydrogen) atoms. The second kappa shape index (κ2) is 4.15. The van der Waals surface area contributed by atoms with E-state index in [1.807, 2.05) is 6.07 Å². The van der Waals surface area contributed by atoms with Gasteiger partial charge in [-0.2, -0.15) is 0 Å². The Morgan fingerprint density at radius 1 is 1.38 bits per heavy atom. The van der Waals surface area contributed by atoms with Crippen LogP contribution in [0.2, 0.25) is 0 Å². The van der Waals surface area contributed by atoms with Crippen molar-refractivity contribution in [3.05, 3.63) is 35.1 Å². The van der Waals surface area contributed by atoms with Gasteiger partial charge in [0.2, 0.25) is 0 Å². The zero-order valence-corrected chi connectivity index (χ0v) is 9.21. The highest BCUT2D eigenvalue weighted by molar-refractivity contribution is 5.32. The van der Waals surface area contributed by atoms with Gasteiger partial charge in [-0.15, -0.1) is 0 Å². The molecule has 0 spiro atoms. The van der Waals surface area contributed by atoms with Crippen LogP contribution >= 0.6 is 0 Å². The minimum Gasteiger partial charge on any atom is -0.373 e. The maximum absolute atomic E-state index is 13.1. The van der Waals surface area contributed by atoms with E-state index in [0.29, 0.717) is 5.92 Å². The van der Waals surface area contributed by atoms with Gasteiger partial charge in [-0.3, -0.25) is 0 Å². The van der Waals surface area contributed by atoms with Crippen molar-refractivity contribution in [1.29, 1.82) is 0 Å². The Labute approximate surface area is 94.8 Å². The highest BCUT2D eigenvalue weighted by Crippen LogP contribution is 2.35. The number of fused-ring (bicyclic) bond motifs is 1. The third-order valence-electron chi connectivity index (χ3n) is 3.61. The van der Waals surface area contributed by atoms with Crippen LogP contribution in [-0.2, 0) is 11.2 Å². The van der Waals surface area contributed by atoms with E-state index in [9.17, 15) is 4.39 Å². The quantitative estimate of drug-likeness (QED) is 0.783. The maximum atomic E-state index is 13.1. The molecule has 3 rings (SSSR count). The van der Waals surface area contributed by atoms with Gasteiger partial charge in [0.15, 0.2) is 0 Å². The Hall–Kier alpha value is -0.930. The lowest BCUT2D eigenvalue weighted by molar-refractivity contribution is 0.00656. The first-order chi connectivity index (χ1) is 7.84. The molecule has 2 aliphatic rings. The molecule has 0 amide bonds. The molecule has 2 nitrogen and oxygen atoms in total. The molecule has 1 N–H and O–H groups in total. The third-order valence-corrected chi connectivity index (χ3v) is 3.61. The van der Waals surface area contributed by atoms with E-state index >= 15 is 0 Å². The van der Waals surface area contributed by atoms with E-state index in [0.717, 1.165) is 38.1 Å². The largest absolute Gasteiger partial charge is 0.373 e. The van der Waals surface area contributed by atoms with Gasteiger partial charge in [0.05, 0.1) is 12.7 Å². The summed E-state index contributed by atoms with van der Waals surface area (Å²) in [4.78, 5) is 0. The van der Waals surface area contributed by atoms with Crippen LogP contribution in [0.15, 0.2) is 18.2 Å². The van der Waals surface area contributed by atoms with Crippen LogP contribution in [0.5, 0.6) is 0 Å². The fourth-order valence-corrected chi connectivity index (χ4v) is 2.78. The molecular formula is C13H16FNO. The number of ether oxygens (including phenoxy) is 1. The molecule has 2 aliphatic heterocycles. The Morgan fingerprint density at radius 2 is 2.31 bits per heavy atom. The van der Waals surface area contributed by atoms with Crippen LogP contribution in [0.4, 0.5) is 4.39 Å². The van der Waals surface area contributed by atoms with Gasteiger partial charge in [0, 0.05) is 12.5 Å². The molecule has 1 aromatic carbocycles. The number of nitrogens with one attached hydrogen (secondary N) is 1. The zero-order valence-electron chi connectivity index (χ0n) is 9.21. The van der Waals surface area contributed by atoms with E-state index in [2.05, 4.69) is 5.32 Å². The average Bonchev–Trinajstić information content (AvgIpc) is 2.81. The normalized spacial score (nSPS) is 29.1. The number of hydrogen-bond acceptors (Lipinski definition) is 2. The molecule has 1 unspecified atom stereocenters. The van der Waals surface area contributed by atoms with E-state index in [1.54, 1.807) is 12.1 Å². The van der Waals surface area contributed by atoms with E-state index in [4.69, 9.17) is 4.74 Å². The molecular weight excluding hydrogens is 205 g/mol. The van der Waals surface area contributed by atoms with Gasteiger partial charge in [0.1, 0.15) is 5.82 Å². The number of benzene rings is 1. The summed E-state index contributed by atoms with van der Waals surface area (Å²) in [5, 5.41) is 3.36. The van der Waals surface area contributed by atoms with Gasteiger partial charge < -0.3 is 10.1 Å². The topological polar surface area (TPSA) is 21.3 Å². The van der Waals surface area contributed by atoms with Crippen molar-refractivity contribution in [3.63, 3.8) is 0 Å². The SMILES string of the molecule is Fc1ccc2c(c1)CCO[C@@H]2C1CCNC1. The highest BCUT2D eigenvalue weighted by atomic mass is 19.1. The average molecular weight is 221 g/mol. The highest BCUT2D eigenvalue weighted by Gasteiger charge is 2.30. The fraction of sp³-hybridized carbons (Fsp3) is 0.538. The minimum atomic E-state index is -0.135. The lowest BCUT2D eigenvalue weighted by Gasteiger charge is -2.30. The summed E-state index contributed by atoms with van der Waals surface area (Å²) in [6.45, 7) is 2.81. The van der Waals surface area contributed by atoms with Crippen molar-refractivity contribution >= 4 is 0 Å². The Morgan fingerprint density at radius 3 is 3.12 bits per heavy atom. The second-order valence-electron chi connectivity index (χ2n) is 4.64. The van der Waals surface area contributed by atoms with Crippen molar-refractivity contribution in [1.82, 2.24) is 5.32 Å². The van der Waals surface area contributed by atoms with Gasteiger partial charge in [-0.25, -0.2) is 4.39 Å². The molecule has 0 saturated carbocycles. The molecule has 1 fully saturated rings. The smallest absolute Gasteiger partial charge is 0.123 e. The molecule has 0 aliphatic carbocycles. The molecule has 0 aromatic heterocycles. The van der Waals surface area contributed by atoms with E-state index in [-0.39, 0.29) is 11.9 Å². The molecule has 86 valence electrons. The Bertz CT molecular complexity index is 388. The Balaban J connectivity index is 1.93. The summed E-state index contributed by atoms with van der Waals surface area (Å²) in [6.07, 6.45) is 2.16. The summed E-state index contributed by atoms with van der Waals surface area (Å²) in [7, 11) is 0. The van der Waals surface area contributed by atoms with Crippen LogP contribution in [0.3, 0.4) is 0 Å². The van der Waals surface area contributed by atoms with Crippen molar-refractivity contribution < 1.29 is 9.13 Å². The first kappa shape index (κ1) is 10.2. The van der Waals surface area contributed by atoms with Crippen LogP contribution in [0.25, 0.3) is 0 Å². The molecule has 1 aromatic rings. The molecule has 2 atom stereocenters. The standard InChI is InChI=1S/C13H16FNO/c14-11-1-2-12-9(7-11)4-6-16-13(12)10-3-5-15-8-10/h1-2,7,10,13,15H,3-6,8H2/t10?,13-/m1/s1. The van der Waals surface area contributed by atoms with Crippen LogP contribution < -0.4 is 5.32 Å². The summed E-state index contributed by atoms with van der Waals surface area (Å²) in [5.41, 5.74) is 2.32. The molecule has 0 radical (unpaired) electrons. The first-order valence-electron chi connectivity index (χ1n) is 5.95. The van der Waals surface area contributed by atoms with Gasteiger partial charge >= 0.3 is 0 Å². The molecule has 2 heterocycles. The number of hydrogen-bond donors (Lipinski definition) is 1. The summed E-state index contributed by atoms with van der Waals surface area (Å²) < 4.78 is 19.0. The number of rotatable bonds is 1. The van der Waals surface area contributed by atoms with Crippen LogP contribution in [-0.4, -0.2) is 19.7 Å². The van der Waals surface area contributed by atoms with Crippen molar-refractivity contribution in [2.45, 2.75) is 18.9 Å². The molecule has 3 heteroatoms. The predicted octanol–water partition coefficient (Wildman–Crippen LogP) is 2.05. The monoisotopic (exact) mass is 221 g/mol. The zero-order chi connectivity index (χ0) is 11.0. The van der Waals surface area contributed by atoms with Crippen molar-refractivity contribution in [2.24, 2.45) is 5.92 Å². The molecule has 0 bridgehead atoms. The third kappa shape index (κ3) is 1.74. The summed E-state index contributed by atoms with van der Waals surface area (Å²) in [6, 6.07) is 5.10. The van der Waals surface area contributed by atoms with Gasteiger partial charge in [0.25, 0.3) is 0 Å². The molecule has 1 saturated heterocycles. The first-order valence-corrected chi connectivity index (χ1v) is 5.95. The lowest BCUT2D eigenvalue weighted by atomic mass is 9.89.